The molecule has 4 fully saturated rings. The van der Waals surface area contributed by atoms with Gasteiger partial charge in [0.1, 0.15) is 17.6 Å². The van der Waals surface area contributed by atoms with Crippen molar-refractivity contribution in [3.05, 3.63) is 96.2 Å². The van der Waals surface area contributed by atoms with E-state index in [1.165, 1.54) is 12.3 Å². The predicted molar refractivity (Wildman–Crippen MR) is 216 cm³/mol. The van der Waals surface area contributed by atoms with E-state index in [1.54, 1.807) is 0 Å². The molecule has 10 nitrogen and oxygen atoms in total. The molecule has 12 heteroatoms. The van der Waals surface area contributed by atoms with Gasteiger partial charge >= 0.3 is 0 Å². The van der Waals surface area contributed by atoms with E-state index in [0.717, 1.165) is 88.4 Å². The fourth-order valence-electron chi connectivity index (χ4n) is 9.26. The second kappa shape index (κ2) is 17.5. The third-order valence-electron chi connectivity index (χ3n) is 12.5. The Kier molecular flexibility index (Phi) is 11.9. The summed E-state index contributed by atoms with van der Waals surface area (Å²) in [6.45, 7) is 1.82. The van der Waals surface area contributed by atoms with Crippen LogP contribution in [-0.2, 0) is 14.4 Å². The molecule has 4 aliphatic rings. The van der Waals surface area contributed by atoms with E-state index in [-0.39, 0.29) is 59.6 Å². The number of hydrogen-bond acceptors (Lipinski definition) is 8. The first-order valence-electron chi connectivity index (χ1n) is 20.6. The molecule has 3 aromatic carbocycles. The molecule has 3 amide bonds. The molecule has 4 aromatic rings. The van der Waals surface area contributed by atoms with Crippen molar-refractivity contribution in [2.45, 2.75) is 107 Å². The molecule has 0 radical (unpaired) electrons. The van der Waals surface area contributed by atoms with Gasteiger partial charge in [-0.1, -0.05) is 54.6 Å². The number of rotatable bonds is 10. The van der Waals surface area contributed by atoms with Crippen LogP contribution in [0.4, 0.5) is 20.4 Å². The zero-order chi connectivity index (χ0) is 39.3. The van der Waals surface area contributed by atoms with E-state index in [2.05, 4.69) is 36.1 Å². The lowest BCUT2D eigenvalue weighted by Crippen LogP contribution is -2.47. The number of likely N-dealkylation sites (tertiary alicyclic amines) is 1. The number of nitrogens with one attached hydrogen (secondary N) is 4. The van der Waals surface area contributed by atoms with Gasteiger partial charge in [0, 0.05) is 41.7 Å². The molecule has 1 unspecified atom stereocenters. The number of carbonyl (C=O) groups excluding carboxylic acids is 3. The molecule has 1 atom stereocenters. The molecule has 4 N–H and O–H groups in total. The molecule has 2 aliphatic carbocycles. The molecule has 298 valence electrons. The van der Waals surface area contributed by atoms with Gasteiger partial charge in [0.05, 0.1) is 6.20 Å². The van der Waals surface area contributed by atoms with E-state index in [0.29, 0.717) is 35.2 Å². The Balaban J connectivity index is 0.756. The van der Waals surface area contributed by atoms with Gasteiger partial charge in [-0.2, -0.15) is 0 Å². The summed E-state index contributed by atoms with van der Waals surface area (Å²) in [7, 11) is 0. The monoisotopic (exact) mass is 775 g/mol. The second-order valence-electron chi connectivity index (χ2n) is 16.2. The summed E-state index contributed by atoms with van der Waals surface area (Å²) in [5, 5.41) is 12.2. The molecule has 57 heavy (non-hydrogen) atoms. The number of benzene rings is 3. The zero-order valence-corrected chi connectivity index (χ0v) is 32.2. The summed E-state index contributed by atoms with van der Waals surface area (Å²) in [5.41, 5.74) is 4.28. The SMILES string of the molecule is O=C1CCC(Nc2ccc(C3CCN([C@H]4CC[C@H](C(=O)NC5CCC(Nc6ncc(F)c(-c7cccc(-c8ccccc8)c7)n6)CC5)CC4)CC3)c(F)c2)C(=O)N1. The van der Waals surface area contributed by atoms with Gasteiger partial charge in [-0.3, -0.25) is 19.7 Å². The highest BCUT2D eigenvalue weighted by Crippen LogP contribution is 2.36. The highest BCUT2D eigenvalue weighted by atomic mass is 19.1. The molecule has 3 heterocycles. The summed E-state index contributed by atoms with van der Waals surface area (Å²) >= 11 is 0. The first-order chi connectivity index (χ1) is 27.8. The smallest absolute Gasteiger partial charge is 0.249 e. The number of aromatic nitrogens is 2. The van der Waals surface area contributed by atoms with Gasteiger partial charge in [0.15, 0.2) is 5.82 Å². The van der Waals surface area contributed by atoms with Crippen molar-refractivity contribution in [2.75, 3.05) is 23.7 Å². The van der Waals surface area contributed by atoms with E-state index >= 15 is 4.39 Å². The molecule has 0 bridgehead atoms. The Hall–Kier alpha value is -5.23. The van der Waals surface area contributed by atoms with Gasteiger partial charge < -0.3 is 20.9 Å². The van der Waals surface area contributed by atoms with Gasteiger partial charge in [0.2, 0.25) is 23.7 Å². The quantitative estimate of drug-likeness (QED) is 0.122. The maximum absolute atomic E-state index is 15.3. The third-order valence-corrected chi connectivity index (χ3v) is 12.5. The van der Waals surface area contributed by atoms with E-state index < -0.39 is 11.9 Å². The van der Waals surface area contributed by atoms with Crippen molar-refractivity contribution in [3.8, 4) is 22.4 Å². The van der Waals surface area contributed by atoms with Crippen LogP contribution < -0.4 is 21.3 Å². The minimum Gasteiger partial charge on any atom is -0.374 e. The van der Waals surface area contributed by atoms with E-state index in [1.807, 2.05) is 66.7 Å². The molecule has 2 saturated carbocycles. The lowest BCUT2D eigenvalue weighted by molar-refractivity contribution is -0.133. The first kappa shape index (κ1) is 38.6. The topological polar surface area (TPSA) is 128 Å². The Morgan fingerprint density at radius 1 is 0.719 bits per heavy atom. The number of piperidine rings is 2. The number of halogens is 2. The molecule has 2 aliphatic heterocycles. The van der Waals surface area contributed by atoms with Gasteiger partial charge in [-0.05, 0) is 125 Å². The van der Waals surface area contributed by atoms with Crippen molar-refractivity contribution in [1.29, 1.82) is 0 Å². The van der Waals surface area contributed by atoms with Gasteiger partial charge in [-0.25, -0.2) is 18.7 Å². The lowest BCUT2D eigenvalue weighted by Gasteiger charge is -2.41. The van der Waals surface area contributed by atoms with Crippen molar-refractivity contribution in [2.24, 2.45) is 5.92 Å². The van der Waals surface area contributed by atoms with Crippen LogP contribution in [0, 0.1) is 17.6 Å². The largest absolute Gasteiger partial charge is 0.374 e. The van der Waals surface area contributed by atoms with E-state index in [4.69, 9.17) is 0 Å². The number of amides is 3. The van der Waals surface area contributed by atoms with Crippen LogP contribution in [0.25, 0.3) is 22.4 Å². The van der Waals surface area contributed by atoms with E-state index in [9.17, 15) is 18.8 Å². The van der Waals surface area contributed by atoms with Crippen molar-refractivity contribution >= 4 is 29.4 Å². The molecule has 2 saturated heterocycles. The molecule has 1 aromatic heterocycles. The van der Waals surface area contributed by atoms with Crippen LogP contribution in [0.2, 0.25) is 0 Å². The third kappa shape index (κ3) is 9.33. The number of hydrogen-bond donors (Lipinski definition) is 4. The maximum Gasteiger partial charge on any atom is 0.249 e. The minimum absolute atomic E-state index is 0.0301. The summed E-state index contributed by atoms with van der Waals surface area (Å²) in [6.07, 6.45) is 10.8. The Labute approximate surface area is 332 Å². The van der Waals surface area contributed by atoms with Crippen LogP contribution in [0.3, 0.4) is 0 Å². The van der Waals surface area contributed by atoms with Crippen molar-refractivity contribution in [1.82, 2.24) is 25.5 Å². The molecule has 8 rings (SSSR count). The standard InChI is InChI=1S/C45H51F2N7O3/c46-38-26-35(49-40-19-20-41(55)52-44(40)57)15-18-37(38)29-21-23-54(24-22-29)36-16-9-30(10-17-36)43(56)50-33-11-13-34(14-12-33)51-45-48-27-39(47)42(53-45)32-8-4-7-31(25-32)28-5-2-1-3-6-28/h1-8,15,18,25-27,29-30,33-34,36,40,49H,9-14,16-17,19-24H2,(H,50,56)(H,48,51,53)(H,52,55,57)/t30-,33?,34?,36-,40?. The lowest BCUT2D eigenvalue weighted by atomic mass is 9.82. The fourth-order valence-corrected chi connectivity index (χ4v) is 9.26. The summed E-state index contributed by atoms with van der Waals surface area (Å²) < 4.78 is 30.2. The summed E-state index contributed by atoms with van der Waals surface area (Å²) in [4.78, 5) is 48.3. The number of anilines is 2. The maximum atomic E-state index is 15.3. The molecular weight excluding hydrogens is 725 g/mol. The van der Waals surface area contributed by atoms with Crippen LogP contribution in [0.15, 0.2) is 79.0 Å². The van der Waals surface area contributed by atoms with Crippen molar-refractivity contribution < 1.29 is 23.2 Å². The average molecular weight is 776 g/mol. The second-order valence-corrected chi connectivity index (χ2v) is 16.2. The predicted octanol–water partition coefficient (Wildman–Crippen LogP) is 7.58. The normalized spacial score (nSPS) is 24.7. The molecule has 0 spiro atoms. The minimum atomic E-state index is -0.545. The highest BCUT2D eigenvalue weighted by Gasteiger charge is 2.34. The summed E-state index contributed by atoms with van der Waals surface area (Å²) in [6, 6.07) is 23.0. The average Bonchev–Trinajstić information content (AvgIpc) is 3.24. The number of nitrogens with zero attached hydrogens (tertiary/aromatic N) is 3. The first-order valence-corrected chi connectivity index (χ1v) is 20.6. The van der Waals surface area contributed by atoms with Crippen LogP contribution >= 0.6 is 0 Å². The van der Waals surface area contributed by atoms with Crippen LogP contribution in [-0.4, -0.2) is 69.8 Å². The number of imide groups is 1. The zero-order valence-electron chi connectivity index (χ0n) is 32.2. The van der Waals surface area contributed by atoms with Gasteiger partial charge in [0.25, 0.3) is 0 Å². The Bertz CT molecular complexity index is 2060. The van der Waals surface area contributed by atoms with Gasteiger partial charge in [-0.15, -0.1) is 0 Å². The highest BCUT2D eigenvalue weighted by molar-refractivity contribution is 6.01. The van der Waals surface area contributed by atoms with Crippen molar-refractivity contribution in [3.63, 3.8) is 0 Å². The Morgan fingerprint density at radius 2 is 1.44 bits per heavy atom. The molecular formula is C45H51F2N7O3. The number of carbonyl (C=O) groups is 3. The Morgan fingerprint density at radius 3 is 2.18 bits per heavy atom. The fraction of sp³-hybridized carbons (Fsp3) is 0.444. The van der Waals surface area contributed by atoms with Crippen LogP contribution in [0.5, 0.6) is 0 Å². The van der Waals surface area contributed by atoms with Crippen LogP contribution in [0.1, 0.15) is 88.5 Å². The summed E-state index contributed by atoms with van der Waals surface area (Å²) in [5.74, 6) is -0.631.